The van der Waals surface area contributed by atoms with Gasteiger partial charge in [0.15, 0.2) is 5.82 Å². The van der Waals surface area contributed by atoms with Gasteiger partial charge in [0.2, 0.25) is 5.89 Å². The van der Waals surface area contributed by atoms with Gasteiger partial charge in [0.1, 0.15) is 5.69 Å². The zero-order valence-electron chi connectivity index (χ0n) is 11.4. The van der Waals surface area contributed by atoms with Gasteiger partial charge in [-0.2, -0.15) is 4.98 Å². The summed E-state index contributed by atoms with van der Waals surface area (Å²) in [4.78, 5) is 25.2. The minimum atomic E-state index is -0.0218. The Kier molecular flexibility index (Phi) is 3.49. The fourth-order valence-electron chi connectivity index (χ4n) is 2.49. The van der Waals surface area contributed by atoms with Gasteiger partial charge in [-0.05, 0) is 12.8 Å². The predicted octanol–water partition coefficient (Wildman–Crippen LogP) is 1.37. The lowest BCUT2D eigenvalue weighted by Crippen LogP contribution is -2.39. The topological polar surface area (TPSA) is 87.9 Å². The zero-order chi connectivity index (χ0) is 13.9. The fourth-order valence-corrected chi connectivity index (χ4v) is 2.49. The van der Waals surface area contributed by atoms with Gasteiger partial charge >= 0.3 is 0 Å². The quantitative estimate of drug-likeness (QED) is 0.914. The number of piperidine rings is 1. The Bertz CT molecular complexity index is 577. The van der Waals surface area contributed by atoms with Gasteiger partial charge < -0.3 is 14.4 Å². The maximum Gasteiger partial charge on any atom is 0.271 e. The van der Waals surface area contributed by atoms with Gasteiger partial charge in [-0.25, -0.2) is 4.98 Å². The molecule has 0 aliphatic carbocycles. The molecule has 7 nitrogen and oxygen atoms in total. The third kappa shape index (κ3) is 2.43. The van der Waals surface area contributed by atoms with Crippen LogP contribution >= 0.6 is 0 Å². The molecule has 0 spiro atoms. The second-order valence-electron chi connectivity index (χ2n) is 4.96. The first-order valence-corrected chi connectivity index (χ1v) is 6.88. The zero-order valence-corrected chi connectivity index (χ0v) is 11.4. The van der Waals surface area contributed by atoms with Crippen LogP contribution in [0.4, 0.5) is 0 Å². The minimum absolute atomic E-state index is 0.0218. The number of rotatable bonds is 3. The minimum Gasteiger partial charge on any atom is -0.341 e. The number of hydrogen-bond acceptors (Lipinski definition) is 5. The number of aromatic nitrogens is 4. The lowest BCUT2D eigenvalue weighted by atomic mass is 9.97. The van der Waals surface area contributed by atoms with Gasteiger partial charge in [0.25, 0.3) is 5.91 Å². The molecule has 0 aromatic carbocycles. The molecule has 1 unspecified atom stereocenters. The number of nitrogens with one attached hydrogen (secondary N) is 1. The molecule has 1 aliphatic rings. The Morgan fingerprint density at radius 1 is 1.60 bits per heavy atom. The van der Waals surface area contributed by atoms with Gasteiger partial charge in [-0.15, -0.1) is 0 Å². The molecule has 3 rings (SSSR count). The van der Waals surface area contributed by atoms with Crippen molar-refractivity contribution in [1.82, 2.24) is 25.0 Å². The standard InChI is InChI=1S/C13H17N5O2/c1-2-11-16-12(17-20-11)9-4-3-5-18(7-9)13(19)10-6-14-8-15-10/h6,8-9H,2-5,7H2,1H3,(H,14,15). The lowest BCUT2D eigenvalue weighted by molar-refractivity contribution is 0.0698. The molecule has 106 valence electrons. The Hall–Kier alpha value is -2.18. The van der Waals surface area contributed by atoms with Crippen molar-refractivity contribution in [2.24, 2.45) is 0 Å². The van der Waals surface area contributed by atoms with E-state index in [1.807, 2.05) is 11.8 Å². The average Bonchev–Trinajstić information content (AvgIpc) is 3.17. The van der Waals surface area contributed by atoms with Crippen LogP contribution in [0.2, 0.25) is 0 Å². The molecule has 1 fully saturated rings. The Balaban J connectivity index is 1.71. The Morgan fingerprint density at radius 3 is 3.20 bits per heavy atom. The van der Waals surface area contributed by atoms with Crippen LogP contribution in [0.25, 0.3) is 0 Å². The molecule has 1 amide bonds. The first-order valence-electron chi connectivity index (χ1n) is 6.88. The van der Waals surface area contributed by atoms with Crippen LogP contribution in [0.5, 0.6) is 0 Å². The smallest absolute Gasteiger partial charge is 0.271 e. The van der Waals surface area contributed by atoms with Crippen molar-refractivity contribution < 1.29 is 9.32 Å². The molecule has 2 aromatic rings. The molecule has 1 aliphatic heterocycles. The Morgan fingerprint density at radius 2 is 2.50 bits per heavy atom. The summed E-state index contributed by atoms with van der Waals surface area (Å²) < 4.78 is 5.15. The summed E-state index contributed by atoms with van der Waals surface area (Å²) in [6.07, 6.45) is 5.73. The van der Waals surface area contributed by atoms with Crippen LogP contribution in [-0.4, -0.2) is 44.0 Å². The number of aromatic amines is 1. The summed E-state index contributed by atoms with van der Waals surface area (Å²) in [5, 5.41) is 4.02. The van der Waals surface area contributed by atoms with Crippen molar-refractivity contribution in [3.63, 3.8) is 0 Å². The SMILES string of the molecule is CCc1nc(C2CCCN(C(=O)c3cnc[nH]3)C2)no1. The first-order chi connectivity index (χ1) is 9.78. The van der Waals surface area contributed by atoms with Crippen molar-refractivity contribution >= 4 is 5.91 Å². The monoisotopic (exact) mass is 275 g/mol. The van der Waals surface area contributed by atoms with Gasteiger partial charge in [0.05, 0.1) is 12.5 Å². The number of carbonyl (C=O) groups is 1. The molecule has 20 heavy (non-hydrogen) atoms. The molecule has 3 heterocycles. The number of imidazole rings is 1. The summed E-state index contributed by atoms with van der Waals surface area (Å²) in [7, 11) is 0. The number of carbonyl (C=O) groups excluding carboxylic acids is 1. The second-order valence-corrected chi connectivity index (χ2v) is 4.96. The van der Waals surface area contributed by atoms with Crippen LogP contribution in [0.3, 0.4) is 0 Å². The third-order valence-electron chi connectivity index (χ3n) is 3.59. The Labute approximate surface area is 116 Å². The largest absolute Gasteiger partial charge is 0.341 e. The summed E-state index contributed by atoms with van der Waals surface area (Å²) in [6, 6.07) is 0. The third-order valence-corrected chi connectivity index (χ3v) is 3.59. The van der Waals surface area contributed by atoms with Gasteiger partial charge in [-0.1, -0.05) is 12.1 Å². The molecule has 2 aromatic heterocycles. The first kappa shape index (κ1) is 12.8. The van der Waals surface area contributed by atoms with Crippen molar-refractivity contribution in [3.05, 3.63) is 29.9 Å². The van der Waals surface area contributed by atoms with Crippen LogP contribution in [0, 0.1) is 0 Å². The van der Waals surface area contributed by atoms with E-state index in [-0.39, 0.29) is 11.8 Å². The van der Waals surface area contributed by atoms with E-state index in [9.17, 15) is 4.79 Å². The maximum atomic E-state index is 12.3. The van der Waals surface area contributed by atoms with E-state index in [2.05, 4.69) is 20.1 Å². The van der Waals surface area contributed by atoms with Crippen molar-refractivity contribution in [2.75, 3.05) is 13.1 Å². The molecule has 1 atom stereocenters. The highest BCUT2D eigenvalue weighted by atomic mass is 16.5. The maximum absolute atomic E-state index is 12.3. The summed E-state index contributed by atoms with van der Waals surface area (Å²) in [5.41, 5.74) is 0.521. The van der Waals surface area contributed by atoms with E-state index in [0.29, 0.717) is 24.0 Å². The molecule has 7 heteroatoms. The molecule has 1 saturated heterocycles. The number of likely N-dealkylation sites (tertiary alicyclic amines) is 1. The number of aryl methyl sites for hydroxylation is 1. The normalized spacial score (nSPS) is 19.2. The van der Waals surface area contributed by atoms with Crippen molar-refractivity contribution in [2.45, 2.75) is 32.1 Å². The van der Waals surface area contributed by atoms with Crippen LogP contribution in [-0.2, 0) is 6.42 Å². The van der Waals surface area contributed by atoms with E-state index in [1.54, 1.807) is 6.20 Å². The van der Waals surface area contributed by atoms with Crippen LogP contribution < -0.4 is 0 Å². The van der Waals surface area contributed by atoms with Gasteiger partial charge in [-0.3, -0.25) is 4.79 Å². The summed E-state index contributed by atoms with van der Waals surface area (Å²) in [5.74, 6) is 1.49. The summed E-state index contributed by atoms with van der Waals surface area (Å²) in [6.45, 7) is 3.36. The molecule has 0 saturated carbocycles. The number of amides is 1. The summed E-state index contributed by atoms with van der Waals surface area (Å²) >= 11 is 0. The van der Waals surface area contributed by atoms with E-state index in [1.165, 1.54) is 6.33 Å². The average molecular weight is 275 g/mol. The lowest BCUT2D eigenvalue weighted by Gasteiger charge is -2.30. The molecule has 1 N–H and O–H groups in total. The van der Waals surface area contributed by atoms with Crippen molar-refractivity contribution in [3.8, 4) is 0 Å². The molecular formula is C13H17N5O2. The van der Waals surface area contributed by atoms with Crippen LogP contribution in [0.15, 0.2) is 17.0 Å². The number of nitrogens with zero attached hydrogens (tertiary/aromatic N) is 4. The van der Waals surface area contributed by atoms with Crippen LogP contribution in [0.1, 0.15) is 47.9 Å². The van der Waals surface area contributed by atoms with Crippen molar-refractivity contribution in [1.29, 1.82) is 0 Å². The van der Waals surface area contributed by atoms with E-state index < -0.39 is 0 Å². The van der Waals surface area contributed by atoms with E-state index in [0.717, 1.165) is 25.8 Å². The highest BCUT2D eigenvalue weighted by Gasteiger charge is 2.28. The molecule has 0 radical (unpaired) electrons. The highest BCUT2D eigenvalue weighted by Crippen LogP contribution is 2.25. The van der Waals surface area contributed by atoms with Gasteiger partial charge in [0, 0.05) is 25.4 Å². The number of hydrogen-bond donors (Lipinski definition) is 1. The predicted molar refractivity (Wildman–Crippen MR) is 70.1 cm³/mol. The highest BCUT2D eigenvalue weighted by molar-refractivity contribution is 5.92. The second kappa shape index (κ2) is 5.44. The number of H-pyrrole nitrogens is 1. The van der Waals surface area contributed by atoms with E-state index >= 15 is 0 Å². The fraction of sp³-hybridized carbons (Fsp3) is 0.538. The van der Waals surface area contributed by atoms with E-state index in [4.69, 9.17) is 4.52 Å². The molecule has 0 bridgehead atoms. The molecular weight excluding hydrogens is 258 g/mol.